The summed E-state index contributed by atoms with van der Waals surface area (Å²) in [5, 5.41) is 0. The Morgan fingerprint density at radius 2 is 1.07 bits per heavy atom. The van der Waals surface area contributed by atoms with Gasteiger partial charge in [-0.3, -0.25) is 4.67 Å². The predicted octanol–water partition coefficient (Wildman–Crippen LogP) is 5.85. The molecule has 5 rings (SSSR count). The minimum atomic E-state index is -0.549. The summed E-state index contributed by atoms with van der Waals surface area (Å²) >= 11 is 0. The lowest BCUT2D eigenvalue weighted by molar-refractivity contribution is 0.140. The van der Waals surface area contributed by atoms with Crippen molar-refractivity contribution < 1.29 is 4.52 Å². The van der Waals surface area contributed by atoms with Gasteiger partial charge in [0.1, 0.15) is 0 Å². The van der Waals surface area contributed by atoms with Gasteiger partial charge in [-0.05, 0) is 14.5 Å². The second-order valence-electron chi connectivity index (χ2n) is 7.68. The minimum Gasteiger partial charge on any atom is -0.356 e. The molecule has 1 heterocycles. The number of hydrogen-bond donors (Lipinski definition) is 0. The van der Waals surface area contributed by atoms with E-state index >= 15 is 0 Å². The molecule has 0 unspecified atom stereocenters. The second-order valence-corrected chi connectivity index (χ2v) is 12.3. The van der Waals surface area contributed by atoms with Crippen molar-refractivity contribution in [2.45, 2.75) is 35.1 Å². The molecule has 5 aliphatic rings. The summed E-state index contributed by atoms with van der Waals surface area (Å²) in [5.74, 6) is 0. The molecule has 0 bridgehead atoms. The summed E-state index contributed by atoms with van der Waals surface area (Å²) < 4.78 is 9.44. The molecule has 0 aromatic carbocycles. The predicted molar refractivity (Wildman–Crippen MR) is 123 cm³/mol. The fraction of sp³-hybridized carbons (Fsp3) is 0.333. The molecular weight excluding hydrogens is 380 g/mol. The highest BCUT2D eigenvalue weighted by Gasteiger charge is 2.41. The second kappa shape index (κ2) is 8.60. The van der Waals surface area contributed by atoms with Crippen LogP contribution >= 0.6 is 16.2 Å². The Hall–Kier alpha value is -1.30. The third-order valence-corrected chi connectivity index (χ3v) is 11.3. The smallest absolute Gasteiger partial charge is 0.0669 e. The molecule has 0 saturated carbocycles. The Bertz CT molecular complexity index is 714. The van der Waals surface area contributed by atoms with Crippen LogP contribution in [-0.2, 0) is 4.52 Å². The van der Waals surface area contributed by atoms with Crippen molar-refractivity contribution in [3.63, 3.8) is 0 Å². The zero-order chi connectivity index (χ0) is 18.8. The Balaban J connectivity index is 1.27. The van der Waals surface area contributed by atoms with Crippen molar-refractivity contribution >= 4 is 16.2 Å². The summed E-state index contributed by atoms with van der Waals surface area (Å²) in [6.07, 6.45) is 37.5. The number of nitrogens with zero attached hydrogens (tertiary/aromatic N) is 1. The Kier molecular flexibility index (Phi) is 5.75. The van der Waals surface area contributed by atoms with Crippen LogP contribution in [0.25, 0.3) is 0 Å². The van der Waals surface area contributed by atoms with Gasteiger partial charge in [-0.15, -0.1) is 0 Å². The number of hydrogen-bond acceptors (Lipinski definition) is 2. The first-order valence-electron chi connectivity index (χ1n) is 10.3. The van der Waals surface area contributed by atoms with Gasteiger partial charge in [0, 0.05) is 35.2 Å². The van der Waals surface area contributed by atoms with Crippen molar-refractivity contribution in [3.8, 4) is 0 Å². The summed E-state index contributed by atoms with van der Waals surface area (Å²) in [5.41, 5.74) is 2.03. The SMILES string of the molecule is C1=CC(P(OC[C@@H]2CCN2P(C2C=CC=C2)C2C=CC=C2)C2C=CC=C2)C=C1. The summed E-state index contributed by atoms with van der Waals surface area (Å²) in [6.45, 7) is 2.07. The van der Waals surface area contributed by atoms with E-state index in [1.165, 1.54) is 13.0 Å². The van der Waals surface area contributed by atoms with Crippen molar-refractivity contribution in [2.75, 3.05) is 13.2 Å². The molecule has 1 saturated heterocycles. The van der Waals surface area contributed by atoms with E-state index in [0.717, 1.165) is 6.61 Å². The van der Waals surface area contributed by atoms with Gasteiger partial charge >= 0.3 is 0 Å². The molecule has 0 N–H and O–H groups in total. The Labute approximate surface area is 171 Å². The van der Waals surface area contributed by atoms with Crippen LogP contribution in [0.1, 0.15) is 6.42 Å². The monoisotopic (exact) mass is 407 g/mol. The number of allylic oxidation sites excluding steroid dienone is 16. The van der Waals surface area contributed by atoms with Gasteiger partial charge in [-0.2, -0.15) is 0 Å². The molecule has 28 heavy (non-hydrogen) atoms. The molecule has 4 heteroatoms. The van der Waals surface area contributed by atoms with E-state index in [-0.39, 0.29) is 8.07 Å². The fourth-order valence-electron chi connectivity index (χ4n) is 4.36. The van der Waals surface area contributed by atoms with E-state index in [4.69, 9.17) is 4.52 Å². The van der Waals surface area contributed by atoms with E-state index in [0.29, 0.717) is 28.7 Å². The standard InChI is InChI=1S/C24H27NOP2/c1-2-10-21(9-1)27(22-11-3-4-12-22)25-18-17-20(25)19-26-28(23-13-5-6-14-23)24-15-7-8-16-24/h1-16,20-24H,17-19H2/t20-/m0/s1. The summed E-state index contributed by atoms with van der Waals surface area (Å²) in [4.78, 5) is 0. The average Bonchev–Trinajstić information content (AvgIpc) is 3.51. The molecule has 0 spiro atoms. The van der Waals surface area contributed by atoms with Crippen LogP contribution in [0.15, 0.2) is 97.2 Å². The van der Waals surface area contributed by atoms with E-state index in [9.17, 15) is 0 Å². The molecule has 0 aromatic rings. The van der Waals surface area contributed by atoms with Crippen molar-refractivity contribution in [1.29, 1.82) is 0 Å². The molecule has 0 radical (unpaired) electrons. The van der Waals surface area contributed by atoms with E-state index in [2.05, 4.69) is 102 Å². The zero-order valence-corrected chi connectivity index (χ0v) is 17.8. The fourth-order valence-corrected chi connectivity index (χ4v) is 9.61. The van der Waals surface area contributed by atoms with Crippen molar-refractivity contribution in [2.24, 2.45) is 0 Å². The topological polar surface area (TPSA) is 12.5 Å². The molecule has 0 amide bonds. The maximum atomic E-state index is 6.68. The molecular formula is C24H27NOP2. The highest BCUT2D eigenvalue weighted by molar-refractivity contribution is 7.57. The summed E-state index contributed by atoms with van der Waals surface area (Å²) in [6, 6.07) is 0.560. The molecule has 4 aliphatic carbocycles. The van der Waals surface area contributed by atoms with E-state index < -0.39 is 8.15 Å². The van der Waals surface area contributed by atoms with Crippen LogP contribution in [-0.4, -0.2) is 46.5 Å². The largest absolute Gasteiger partial charge is 0.356 e. The van der Waals surface area contributed by atoms with E-state index in [1.807, 2.05) is 0 Å². The van der Waals surface area contributed by atoms with Crippen LogP contribution < -0.4 is 0 Å². The maximum absolute atomic E-state index is 6.68. The molecule has 1 fully saturated rings. The van der Waals surface area contributed by atoms with Gasteiger partial charge in [0.05, 0.1) is 14.8 Å². The zero-order valence-electron chi connectivity index (χ0n) is 16.0. The Morgan fingerprint density at radius 1 is 0.643 bits per heavy atom. The van der Waals surface area contributed by atoms with Crippen LogP contribution in [0.3, 0.4) is 0 Å². The van der Waals surface area contributed by atoms with Gasteiger partial charge < -0.3 is 4.52 Å². The lowest BCUT2D eigenvalue weighted by Crippen LogP contribution is -2.49. The van der Waals surface area contributed by atoms with Gasteiger partial charge in [-0.1, -0.05) is 97.2 Å². The third-order valence-electron chi connectivity index (χ3n) is 5.93. The lowest BCUT2D eigenvalue weighted by Gasteiger charge is -2.49. The van der Waals surface area contributed by atoms with E-state index in [1.54, 1.807) is 0 Å². The quantitative estimate of drug-likeness (QED) is 0.468. The third kappa shape index (κ3) is 3.77. The average molecular weight is 407 g/mol. The lowest BCUT2D eigenvalue weighted by atomic mass is 10.1. The van der Waals surface area contributed by atoms with Gasteiger partial charge in [0.2, 0.25) is 0 Å². The first-order chi connectivity index (χ1) is 13.9. The van der Waals surface area contributed by atoms with Crippen LogP contribution in [0.4, 0.5) is 0 Å². The van der Waals surface area contributed by atoms with Crippen LogP contribution in [0, 0.1) is 0 Å². The first kappa shape index (κ1) is 18.7. The normalized spacial score (nSPS) is 27.1. The summed E-state index contributed by atoms with van der Waals surface area (Å²) in [7, 11) is -0.819. The van der Waals surface area contributed by atoms with Gasteiger partial charge in [0.25, 0.3) is 0 Å². The molecule has 1 atom stereocenters. The first-order valence-corrected chi connectivity index (χ1v) is 13.1. The highest BCUT2D eigenvalue weighted by atomic mass is 31.1. The molecule has 144 valence electrons. The Morgan fingerprint density at radius 3 is 1.46 bits per heavy atom. The maximum Gasteiger partial charge on any atom is 0.0669 e. The number of rotatable bonds is 8. The van der Waals surface area contributed by atoms with Crippen molar-refractivity contribution in [3.05, 3.63) is 97.2 Å². The highest BCUT2D eigenvalue weighted by Crippen LogP contribution is 2.58. The molecule has 2 nitrogen and oxygen atoms in total. The van der Waals surface area contributed by atoms with Gasteiger partial charge in [0.15, 0.2) is 0 Å². The van der Waals surface area contributed by atoms with Crippen LogP contribution in [0.2, 0.25) is 0 Å². The molecule has 0 aromatic heterocycles. The van der Waals surface area contributed by atoms with Crippen molar-refractivity contribution in [1.82, 2.24) is 4.67 Å². The molecule has 1 aliphatic heterocycles. The van der Waals surface area contributed by atoms with Gasteiger partial charge in [-0.25, -0.2) is 0 Å². The minimum absolute atomic E-state index is 0.271. The van der Waals surface area contributed by atoms with Crippen LogP contribution in [0.5, 0.6) is 0 Å².